The molecule has 0 saturated carbocycles. The minimum absolute atomic E-state index is 0.168. The molecule has 20 heavy (non-hydrogen) atoms. The molecular formula is C14H21N3O3. The maximum absolute atomic E-state index is 11.8. The van der Waals surface area contributed by atoms with Crippen LogP contribution in [-0.2, 0) is 14.3 Å². The molecule has 6 nitrogen and oxygen atoms in total. The number of anilines is 2. The third-order valence-corrected chi connectivity index (χ3v) is 2.53. The van der Waals surface area contributed by atoms with Crippen molar-refractivity contribution in [1.82, 2.24) is 5.32 Å². The van der Waals surface area contributed by atoms with Crippen molar-refractivity contribution in [3.63, 3.8) is 0 Å². The van der Waals surface area contributed by atoms with Crippen LogP contribution < -0.4 is 16.0 Å². The fourth-order valence-corrected chi connectivity index (χ4v) is 1.63. The zero-order chi connectivity index (χ0) is 15.0. The van der Waals surface area contributed by atoms with Crippen LogP contribution in [0.15, 0.2) is 18.2 Å². The lowest BCUT2D eigenvalue weighted by Crippen LogP contribution is -2.30. The van der Waals surface area contributed by atoms with Crippen molar-refractivity contribution in [1.29, 1.82) is 0 Å². The molecular weight excluding hydrogens is 258 g/mol. The standard InChI is InChI=1S/C14H21N3O3/c1-10-4-5-12(16-11(2)18)13(8-10)17-14(19)9-15-6-7-20-3/h4-5,8,15H,6-7,9H2,1-3H3,(H,16,18)(H,17,19). The van der Waals surface area contributed by atoms with Crippen molar-refractivity contribution >= 4 is 23.2 Å². The highest BCUT2D eigenvalue weighted by Crippen LogP contribution is 2.22. The van der Waals surface area contributed by atoms with Gasteiger partial charge in [0, 0.05) is 20.6 Å². The van der Waals surface area contributed by atoms with Gasteiger partial charge in [-0.15, -0.1) is 0 Å². The Morgan fingerprint density at radius 3 is 2.60 bits per heavy atom. The molecule has 0 fully saturated rings. The Balaban J connectivity index is 2.62. The first-order chi connectivity index (χ1) is 9.52. The summed E-state index contributed by atoms with van der Waals surface area (Å²) in [5.74, 6) is -0.346. The largest absolute Gasteiger partial charge is 0.383 e. The van der Waals surface area contributed by atoms with E-state index in [1.807, 2.05) is 19.1 Å². The summed E-state index contributed by atoms with van der Waals surface area (Å²) in [7, 11) is 1.61. The average molecular weight is 279 g/mol. The van der Waals surface area contributed by atoms with Crippen molar-refractivity contribution < 1.29 is 14.3 Å². The van der Waals surface area contributed by atoms with Crippen molar-refractivity contribution in [2.45, 2.75) is 13.8 Å². The minimum atomic E-state index is -0.178. The Bertz CT molecular complexity index is 475. The summed E-state index contributed by atoms with van der Waals surface area (Å²) in [4.78, 5) is 22.9. The number of hydrogen-bond donors (Lipinski definition) is 3. The first kappa shape index (κ1) is 16.1. The summed E-state index contributed by atoms with van der Waals surface area (Å²) in [6.07, 6.45) is 0. The van der Waals surface area contributed by atoms with E-state index in [1.165, 1.54) is 6.92 Å². The quantitative estimate of drug-likeness (QED) is 0.654. The maximum atomic E-state index is 11.8. The number of rotatable bonds is 7. The van der Waals surface area contributed by atoms with Gasteiger partial charge in [-0.05, 0) is 24.6 Å². The topological polar surface area (TPSA) is 79.5 Å². The van der Waals surface area contributed by atoms with Gasteiger partial charge in [-0.25, -0.2) is 0 Å². The zero-order valence-electron chi connectivity index (χ0n) is 12.1. The molecule has 0 aliphatic carbocycles. The highest BCUT2D eigenvalue weighted by atomic mass is 16.5. The first-order valence-electron chi connectivity index (χ1n) is 6.40. The van der Waals surface area contributed by atoms with Crippen LogP contribution in [0.3, 0.4) is 0 Å². The predicted molar refractivity (Wildman–Crippen MR) is 78.9 cm³/mol. The monoisotopic (exact) mass is 279 g/mol. The van der Waals surface area contributed by atoms with Gasteiger partial charge in [-0.1, -0.05) is 6.07 Å². The number of hydrogen-bond acceptors (Lipinski definition) is 4. The van der Waals surface area contributed by atoms with E-state index in [9.17, 15) is 9.59 Å². The van der Waals surface area contributed by atoms with E-state index >= 15 is 0 Å². The molecule has 0 aromatic heterocycles. The number of amides is 2. The average Bonchev–Trinajstić information content (AvgIpc) is 2.37. The van der Waals surface area contributed by atoms with Gasteiger partial charge in [0.15, 0.2) is 0 Å². The second kappa shape index (κ2) is 8.29. The highest BCUT2D eigenvalue weighted by molar-refractivity contribution is 5.99. The van der Waals surface area contributed by atoms with E-state index in [0.717, 1.165) is 5.56 Å². The van der Waals surface area contributed by atoms with Crippen molar-refractivity contribution in [2.24, 2.45) is 0 Å². The van der Waals surface area contributed by atoms with E-state index in [-0.39, 0.29) is 18.4 Å². The second-order valence-corrected chi connectivity index (χ2v) is 4.45. The van der Waals surface area contributed by atoms with Gasteiger partial charge in [0.05, 0.1) is 24.5 Å². The molecule has 0 unspecified atom stereocenters. The molecule has 0 saturated heterocycles. The van der Waals surface area contributed by atoms with Crippen LogP contribution in [0.5, 0.6) is 0 Å². The van der Waals surface area contributed by atoms with E-state index in [1.54, 1.807) is 13.2 Å². The van der Waals surface area contributed by atoms with E-state index in [4.69, 9.17) is 4.74 Å². The first-order valence-corrected chi connectivity index (χ1v) is 6.40. The Kier molecular flexibility index (Phi) is 6.69. The molecule has 0 aliphatic heterocycles. The molecule has 0 bridgehead atoms. The predicted octanol–water partition coefficient (Wildman–Crippen LogP) is 1.13. The molecule has 1 rings (SSSR count). The maximum Gasteiger partial charge on any atom is 0.238 e. The summed E-state index contributed by atoms with van der Waals surface area (Å²) in [5, 5.41) is 8.42. The lowest BCUT2D eigenvalue weighted by atomic mass is 10.2. The van der Waals surface area contributed by atoms with Crippen molar-refractivity contribution in [3.05, 3.63) is 23.8 Å². The van der Waals surface area contributed by atoms with Crippen LogP contribution in [0.4, 0.5) is 11.4 Å². The molecule has 3 N–H and O–H groups in total. The van der Waals surface area contributed by atoms with Crippen molar-refractivity contribution in [3.8, 4) is 0 Å². The summed E-state index contributed by atoms with van der Waals surface area (Å²) < 4.78 is 4.88. The van der Waals surface area contributed by atoms with Gasteiger partial charge in [0.25, 0.3) is 0 Å². The number of ether oxygens (including phenoxy) is 1. The Morgan fingerprint density at radius 1 is 1.20 bits per heavy atom. The fraction of sp³-hybridized carbons (Fsp3) is 0.429. The Morgan fingerprint density at radius 2 is 1.95 bits per heavy atom. The van der Waals surface area contributed by atoms with Crippen LogP contribution in [-0.4, -0.2) is 38.6 Å². The molecule has 6 heteroatoms. The van der Waals surface area contributed by atoms with Crippen LogP contribution in [0.25, 0.3) is 0 Å². The lowest BCUT2D eigenvalue weighted by Gasteiger charge is -2.12. The summed E-state index contributed by atoms with van der Waals surface area (Å²) in [5.41, 5.74) is 2.19. The summed E-state index contributed by atoms with van der Waals surface area (Å²) >= 11 is 0. The van der Waals surface area contributed by atoms with E-state index in [0.29, 0.717) is 24.5 Å². The van der Waals surface area contributed by atoms with Gasteiger partial charge in [0.2, 0.25) is 11.8 Å². The van der Waals surface area contributed by atoms with Crippen LogP contribution in [0, 0.1) is 6.92 Å². The molecule has 0 aliphatic rings. The molecule has 1 aromatic carbocycles. The van der Waals surface area contributed by atoms with Crippen LogP contribution in [0.1, 0.15) is 12.5 Å². The van der Waals surface area contributed by atoms with E-state index < -0.39 is 0 Å². The SMILES string of the molecule is COCCNCC(=O)Nc1cc(C)ccc1NC(C)=O. The van der Waals surface area contributed by atoms with Gasteiger partial charge in [0.1, 0.15) is 0 Å². The number of aryl methyl sites for hydroxylation is 1. The van der Waals surface area contributed by atoms with Gasteiger partial charge < -0.3 is 20.7 Å². The van der Waals surface area contributed by atoms with Crippen molar-refractivity contribution in [2.75, 3.05) is 37.4 Å². The van der Waals surface area contributed by atoms with Crippen LogP contribution >= 0.6 is 0 Å². The third-order valence-electron chi connectivity index (χ3n) is 2.53. The molecule has 0 heterocycles. The summed E-state index contributed by atoms with van der Waals surface area (Å²) in [6.45, 7) is 4.70. The molecule has 2 amide bonds. The normalized spacial score (nSPS) is 10.2. The number of carbonyl (C=O) groups is 2. The second-order valence-electron chi connectivity index (χ2n) is 4.45. The zero-order valence-corrected chi connectivity index (χ0v) is 12.1. The van der Waals surface area contributed by atoms with Gasteiger partial charge >= 0.3 is 0 Å². The molecule has 0 atom stereocenters. The Hall–Kier alpha value is -1.92. The molecule has 1 aromatic rings. The van der Waals surface area contributed by atoms with Gasteiger partial charge in [-0.2, -0.15) is 0 Å². The van der Waals surface area contributed by atoms with Crippen LogP contribution in [0.2, 0.25) is 0 Å². The smallest absolute Gasteiger partial charge is 0.238 e. The molecule has 0 radical (unpaired) electrons. The number of methoxy groups -OCH3 is 1. The van der Waals surface area contributed by atoms with E-state index in [2.05, 4.69) is 16.0 Å². The third kappa shape index (κ3) is 5.81. The Labute approximate surface area is 118 Å². The number of carbonyl (C=O) groups excluding carboxylic acids is 2. The fourth-order valence-electron chi connectivity index (χ4n) is 1.63. The van der Waals surface area contributed by atoms with Gasteiger partial charge in [-0.3, -0.25) is 9.59 Å². The highest BCUT2D eigenvalue weighted by Gasteiger charge is 2.08. The lowest BCUT2D eigenvalue weighted by molar-refractivity contribution is -0.116. The molecule has 110 valence electrons. The number of nitrogens with one attached hydrogen (secondary N) is 3. The summed E-state index contributed by atoms with van der Waals surface area (Å²) in [6, 6.07) is 5.46. The minimum Gasteiger partial charge on any atom is -0.383 e. The molecule has 0 spiro atoms. The number of benzene rings is 1.